The Hall–Kier alpha value is -4.67. The van der Waals surface area contributed by atoms with Gasteiger partial charge in [0, 0.05) is 78.8 Å². The highest BCUT2D eigenvalue weighted by Gasteiger charge is 2.44. The minimum absolute atomic E-state index is 0.327. The first kappa shape index (κ1) is 27.2. The van der Waals surface area contributed by atoms with Gasteiger partial charge in [-0.1, -0.05) is 12.1 Å². The highest BCUT2D eigenvalue weighted by Crippen LogP contribution is 2.37. The van der Waals surface area contributed by atoms with Crippen LogP contribution in [0.25, 0.3) is 27.8 Å². The number of anilines is 1. The van der Waals surface area contributed by atoms with Crippen molar-refractivity contribution in [2.24, 2.45) is 0 Å². The molecule has 2 unspecified atom stereocenters. The maximum Gasteiger partial charge on any atom is 0.333 e. The number of piperazine rings is 1. The molecule has 0 radical (unpaired) electrons. The molecule has 218 valence electrons. The van der Waals surface area contributed by atoms with Gasteiger partial charge in [-0.25, -0.2) is 22.6 Å². The van der Waals surface area contributed by atoms with Crippen LogP contribution >= 0.6 is 0 Å². The van der Waals surface area contributed by atoms with Gasteiger partial charge in [-0.3, -0.25) is 4.90 Å². The normalized spacial score (nSPS) is 18.6. The summed E-state index contributed by atoms with van der Waals surface area (Å²) in [6.45, 7) is -0.308. The SMILES string of the molecule is CS(=O)(=O)c1ccc(CN2C3CC2CN(c2ccc(-c4cc(-c5cnn(C(F)F)c5)cn5ncc(C#N)c45)cn2)C3)cc1. The van der Waals surface area contributed by atoms with Gasteiger partial charge in [-0.15, -0.1) is 0 Å². The van der Waals surface area contributed by atoms with E-state index in [9.17, 15) is 22.5 Å². The molecular weight excluding hydrogens is 574 g/mol. The maximum atomic E-state index is 13.1. The van der Waals surface area contributed by atoms with Crippen molar-refractivity contribution in [3.63, 3.8) is 0 Å². The molecule has 7 heterocycles. The number of pyridine rings is 2. The average molecular weight is 601 g/mol. The third-order valence-electron chi connectivity index (χ3n) is 8.31. The zero-order valence-electron chi connectivity index (χ0n) is 23.0. The molecule has 0 aliphatic carbocycles. The van der Waals surface area contributed by atoms with E-state index in [1.807, 2.05) is 30.3 Å². The molecule has 1 aromatic carbocycles. The molecule has 10 nitrogen and oxygen atoms in total. The minimum atomic E-state index is -3.22. The van der Waals surface area contributed by atoms with E-state index in [-0.39, 0.29) is 0 Å². The fourth-order valence-electron chi connectivity index (χ4n) is 6.09. The van der Waals surface area contributed by atoms with Crippen LogP contribution in [0.15, 0.2) is 78.3 Å². The summed E-state index contributed by atoms with van der Waals surface area (Å²) in [6, 6.07) is 15.8. The molecule has 5 aromatic rings. The largest absolute Gasteiger partial charge is 0.353 e. The van der Waals surface area contributed by atoms with Gasteiger partial charge in [-0.2, -0.15) is 24.2 Å². The summed E-state index contributed by atoms with van der Waals surface area (Å²) in [5, 5.41) is 17.8. The number of alkyl halides is 2. The Morgan fingerprint density at radius 3 is 2.37 bits per heavy atom. The van der Waals surface area contributed by atoms with Crippen molar-refractivity contribution in [1.29, 1.82) is 5.26 Å². The Kier molecular flexibility index (Phi) is 6.48. The molecule has 0 amide bonds. The van der Waals surface area contributed by atoms with Gasteiger partial charge in [-0.05, 0) is 42.3 Å². The molecule has 0 N–H and O–H groups in total. The van der Waals surface area contributed by atoms with Gasteiger partial charge in [0.1, 0.15) is 11.9 Å². The minimum Gasteiger partial charge on any atom is -0.353 e. The highest BCUT2D eigenvalue weighted by atomic mass is 32.2. The molecule has 3 saturated heterocycles. The number of aromatic nitrogens is 5. The van der Waals surface area contributed by atoms with Crippen molar-refractivity contribution in [1.82, 2.24) is 29.3 Å². The molecular formula is C30H26F2N8O2S. The van der Waals surface area contributed by atoms with Crippen LogP contribution in [0.2, 0.25) is 0 Å². The number of benzene rings is 1. The van der Waals surface area contributed by atoms with Crippen molar-refractivity contribution in [3.05, 3.63) is 84.6 Å². The van der Waals surface area contributed by atoms with Crippen LogP contribution in [-0.4, -0.2) is 69.1 Å². The highest BCUT2D eigenvalue weighted by molar-refractivity contribution is 7.90. The molecule has 4 aromatic heterocycles. The molecule has 3 fully saturated rings. The van der Waals surface area contributed by atoms with Crippen LogP contribution in [0, 0.1) is 11.3 Å². The van der Waals surface area contributed by atoms with Gasteiger partial charge in [0.2, 0.25) is 0 Å². The van der Waals surface area contributed by atoms with E-state index >= 15 is 0 Å². The van der Waals surface area contributed by atoms with Crippen LogP contribution in [0.4, 0.5) is 14.6 Å². The van der Waals surface area contributed by atoms with E-state index in [0.29, 0.717) is 49.4 Å². The lowest BCUT2D eigenvalue weighted by Crippen LogP contribution is -2.68. The number of rotatable bonds is 7. The molecule has 3 aliphatic rings. The van der Waals surface area contributed by atoms with E-state index in [4.69, 9.17) is 4.98 Å². The Labute approximate surface area is 246 Å². The number of nitrogens with zero attached hydrogens (tertiary/aromatic N) is 8. The molecule has 43 heavy (non-hydrogen) atoms. The van der Waals surface area contributed by atoms with Crippen molar-refractivity contribution in [2.75, 3.05) is 24.2 Å². The fraction of sp³-hybridized carbons (Fsp3) is 0.267. The summed E-state index contributed by atoms with van der Waals surface area (Å²) in [7, 11) is -3.22. The predicted molar refractivity (Wildman–Crippen MR) is 155 cm³/mol. The lowest BCUT2D eigenvalue weighted by atomic mass is 9.86. The molecule has 3 aliphatic heterocycles. The van der Waals surface area contributed by atoms with E-state index in [0.717, 1.165) is 43.0 Å². The molecule has 8 rings (SSSR count). The lowest BCUT2D eigenvalue weighted by molar-refractivity contribution is -0.00869. The first-order chi connectivity index (χ1) is 20.7. The van der Waals surface area contributed by atoms with Gasteiger partial charge in [0.05, 0.1) is 28.4 Å². The van der Waals surface area contributed by atoms with Crippen molar-refractivity contribution in [3.8, 4) is 28.3 Å². The van der Waals surface area contributed by atoms with E-state index in [1.54, 1.807) is 29.0 Å². The number of hydrogen-bond donors (Lipinski definition) is 0. The summed E-state index contributed by atoms with van der Waals surface area (Å²) >= 11 is 0. The van der Waals surface area contributed by atoms with Crippen LogP contribution < -0.4 is 4.90 Å². The smallest absolute Gasteiger partial charge is 0.333 e. The van der Waals surface area contributed by atoms with Gasteiger partial charge < -0.3 is 4.90 Å². The van der Waals surface area contributed by atoms with E-state index in [2.05, 4.69) is 26.1 Å². The first-order valence-electron chi connectivity index (χ1n) is 13.7. The number of nitriles is 1. The second-order valence-electron chi connectivity index (χ2n) is 11.0. The molecule has 2 bridgehead atoms. The van der Waals surface area contributed by atoms with Gasteiger partial charge >= 0.3 is 6.55 Å². The molecule has 13 heteroatoms. The van der Waals surface area contributed by atoms with Crippen LogP contribution in [-0.2, 0) is 16.4 Å². The Morgan fingerprint density at radius 2 is 1.74 bits per heavy atom. The van der Waals surface area contributed by atoms with Crippen LogP contribution in [0.1, 0.15) is 24.1 Å². The second-order valence-corrected chi connectivity index (χ2v) is 13.0. The summed E-state index contributed by atoms with van der Waals surface area (Å²) in [6.07, 6.45) is 9.93. The van der Waals surface area contributed by atoms with E-state index in [1.165, 1.54) is 24.8 Å². The second kappa shape index (κ2) is 10.3. The fourth-order valence-corrected chi connectivity index (χ4v) is 6.72. The van der Waals surface area contributed by atoms with Crippen LogP contribution in [0.3, 0.4) is 0 Å². The summed E-state index contributed by atoms with van der Waals surface area (Å²) in [5.41, 5.74) is 4.72. The van der Waals surface area contributed by atoms with Gasteiger partial charge in [0.25, 0.3) is 0 Å². The third kappa shape index (κ3) is 4.92. The summed E-state index contributed by atoms with van der Waals surface area (Å²) in [5.74, 6) is 0.856. The molecule has 0 spiro atoms. The lowest BCUT2D eigenvalue weighted by Gasteiger charge is -2.56. The zero-order chi connectivity index (χ0) is 29.9. The average Bonchev–Trinajstić information content (AvgIpc) is 3.67. The molecule has 2 atom stereocenters. The zero-order valence-corrected chi connectivity index (χ0v) is 23.9. The third-order valence-corrected chi connectivity index (χ3v) is 9.44. The Bertz CT molecular complexity index is 1970. The van der Waals surface area contributed by atoms with Crippen molar-refractivity contribution < 1.29 is 17.2 Å². The number of halogens is 2. The topological polar surface area (TPSA) is 112 Å². The van der Waals surface area contributed by atoms with Crippen molar-refractivity contribution in [2.45, 2.75) is 36.5 Å². The predicted octanol–water partition coefficient (Wildman–Crippen LogP) is 4.39. The number of fused-ring (bicyclic) bond motifs is 3. The summed E-state index contributed by atoms with van der Waals surface area (Å²) < 4.78 is 52.0. The molecule has 0 saturated carbocycles. The maximum absolute atomic E-state index is 13.1. The number of hydrogen-bond acceptors (Lipinski definition) is 8. The van der Waals surface area contributed by atoms with Gasteiger partial charge in [0.15, 0.2) is 9.84 Å². The van der Waals surface area contributed by atoms with Crippen LogP contribution in [0.5, 0.6) is 0 Å². The quantitative estimate of drug-likeness (QED) is 0.270. The Balaban J connectivity index is 1.11. The van der Waals surface area contributed by atoms with E-state index < -0.39 is 16.4 Å². The number of sulfone groups is 1. The standard InChI is InChI=1S/C30H26F2N8O2S/c1-43(41,42)26-5-2-19(3-6-26)14-38-24-9-25(38)18-37(17-24)28-7-4-20(11-34-28)27-8-21(23-13-36-40(16-23)30(31)32)15-39-29(27)22(10-33)12-35-39/h2-8,11-13,15-16,24-25,30H,9,14,17-18H2,1H3. The monoisotopic (exact) mass is 600 g/mol. The van der Waals surface area contributed by atoms with Crippen molar-refractivity contribution >= 4 is 21.2 Å². The summed E-state index contributed by atoms with van der Waals surface area (Å²) in [4.78, 5) is 9.84. The first-order valence-corrected chi connectivity index (χ1v) is 15.6. The number of piperidine rings is 1. The Morgan fingerprint density at radius 1 is 0.977 bits per heavy atom.